The molecule has 0 spiro atoms. The number of hydrazine groups is 1. The first kappa shape index (κ1) is 16.4. The highest BCUT2D eigenvalue weighted by atomic mass is 79.9. The molecule has 3 rings (SSSR count). The molecule has 1 amide bonds. The minimum Gasteiger partial charge on any atom is -0.325 e. The van der Waals surface area contributed by atoms with Crippen LogP contribution in [0.25, 0.3) is 0 Å². The van der Waals surface area contributed by atoms with E-state index in [4.69, 9.17) is 11.6 Å². The molecule has 1 aliphatic rings. The van der Waals surface area contributed by atoms with Gasteiger partial charge in [0, 0.05) is 16.2 Å². The van der Waals surface area contributed by atoms with Crippen molar-refractivity contribution in [3.63, 3.8) is 0 Å². The van der Waals surface area contributed by atoms with Gasteiger partial charge in [-0.1, -0.05) is 39.7 Å². The fourth-order valence-corrected chi connectivity index (χ4v) is 2.89. The molecule has 0 aromatic heterocycles. The Labute approximate surface area is 146 Å². The summed E-state index contributed by atoms with van der Waals surface area (Å²) < 4.78 is 14.1. The van der Waals surface area contributed by atoms with Gasteiger partial charge in [0.15, 0.2) is 0 Å². The van der Waals surface area contributed by atoms with Crippen LogP contribution in [0.3, 0.4) is 0 Å². The summed E-state index contributed by atoms with van der Waals surface area (Å²) in [5, 5.41) is 2.71. The highest BCUT2D eigenvalue weighted by molar-refractivity contribution is 9.10. The van der Waals surface area contributed by atoms with Gasteiger partial charge in [-0.25, -0.2) is 15.2 Å². The van der Waals surface area contributed by atoms with Crippen LogP contribution < -0.4 is 16.2 Å². The quantitative estimate of drug-likeness (QED) is 0.737. The van der Waals surface area contributed by atoms with Gasteiger partial charge in [0.1, 0.15) is 11.9 Å². The lowest BCUT2D eigenvalue weighted by molar-refractivity contribution is -0.117. The van der Waals surface area contributed by atoms with Crippen molar-refractivity contribution in [3.05, 3.63) is 63.3 Å². The number of carbonyl (C=O) groups excluding carboxylic acids is 1. The number of anilines is 1. The van der Waals surface area contributed by atoms with Crippen LogP contribution in [0.15, 0.2) is 46.9 Å². The van der Waals surface area contributed by atoms with Crippen LogP contribution in [0.4, 0.5) is 10.1 Å². The third kappa shape index (κ3) is 3.90. The standard InChI is InChI=1S/C16H14BrClFN3O/c17-10-3-1-9(2-4-10)14-8-15(22-21-14)16(23)20-11-5-6-13(19)12(18)7-11/h1-7,14-15,21-22H,8H2,(H,20,23). The molecule has 1 heterocycles. The maximum Gasteiger partial charge on any atom is 0.242 e. The molecule has 1 saturated heterocycles. The van der Waals surface area contributed by atoms with Gasteiger partial charge in [-0.05, 0) is 42.3 Å². The van der Waals surface area contributed by atoms with E-state index in [1.54, 1.807) is 0 Å². The Bertz CT molecular complexity index is 726. The number of benzene rings is 2. The number of nitrogens with one attached hydrogen (secondary N) is 3. The molecule has 120 valence electrons. The van der Waals surface area contributed by atoms with Gasteiger partial charge in [0.25, 0.3) is 0 Å². The zero-order valence-corrected chi connectivity index (χ0v) is 14.3. The molecule has 0 saturated carbocycles. The van der Waals surface area contributed by atoms with Gasteiger partial charge in [-0.2, -0.15) is 0 Å². The van der Waals surface area contributed by atoms with E-state index in [-0.39, 0.29) is 23.0 Å². The Balaban J connectivity index is 1.63. The molecule has 0 radical (unpaired) electrons. The van der Waals surface area contributed by atoms with Gasteiger partial charge in [0.2, 0.25) is 5.91 Å². The predicted molar refractivity (Wildman–Crippen MR) is 91.6 cm³/mol. The summed E-state index contributed by atoms with van der Waals surface area (Å²) in [6.45, 7) is 0. The Hall–Kier alpha value is -1.47. The number of hydrogen-bond donors (Lipinski definition) is 3. The second-order valence-corrected chi connectivity index (χ2v) is 6.62. The van der Waals surface area contributed by atoms with Gasteiger partial charge < -0.3 is 5.32 Å². The molecular formula is C16H14BrClFN3O. The normalized spacial score (nSPS) is 20.5. The molecule has 7 heteroatoms. The average Bonchev–Trinajstić information content (AvgIpc) is 3.02. The van der Waals surface area contributed by atoms with Crippen LogP contribution in [-0.4, -0.2) is 11.9 Å². The first-order valence-electron chi connectivity index (χ1n) is 7.05. The van der Waals surface area contributed by atoms with E-state index < -0.39 is 5.82 Å². The van der Waals surface area contributed by atoms with Crippen molar-refractivity contribution in [1.29, 1.82) is 0 Å². The van der Waals surface area contributed by atoms with Crippen LogP contribution in [0.1, 0.15) is 18.0 Å². The third-order valence-corrected chi connectivity index (χ3v) is 4.50. The van der Waals surface area contributed by atoms with E-state index in [0.29, 0.717) is 12.1 Å². The van der Waals surface area contributed by atoms with E-state index >= 15 is 0 Å². The zero-order valence-electron chi connectivity index (χ0n) is 11.9. The molecule has 23 heavy (non-hydrogen) atoms. The summed E-state index contributed by atoms with van der Waals surface area (Å²) >= 11 is 9.11. The van der Waals surface area contributed by atoms with Crippen molar-refractivity contribution in [1.82, 2.24) is 10.9 Å². The van der Waals surface area contributed by atoms with Crippen LogP contribution >= 0.6 is 27.5 Å². The Morgan fingerprint density at radius 2 is 1.96 bits per heavy atom. The van der Waals surface area contributed by atoms with Crippen molar-refractivity contribution in [2.75, 3.05) is 5.32 Å². The van der Waals surface area contributed by atoms with Gasteiger partial charge in [-0.15, -0.1) is 0 Å². The number of halogens is 3. The zero-order chi connectivity index (χ0) is 16.4. The van der Waals surface area contributed by atoms with Crippen LogP contribution in [0, 0.1) is 5.82 Å². The lowest BCUT2D eigenvalue weighted by atomic mass is 10.0. The summed E-state index contributed by atoms with van der Waals surface area (Å²) in [5.41, 5.74) is 7.67. The Morgan fingerprint density at radius 1 is 1.22 bits per heavy atom. The Kier molecular flexibility index (Phi) is 4.96. The average molecular weight is 399 g/mol. The maximum atomic E-state index is 13.1. The van der Waals surface area contributed by atoms with Gasteiger partial charge >= 0.3 is 0 Å². The molecule has 1 aliphatic heterocycles. The molecule has 2 aromatic carbocycles. The molecule has 0 aliphatic carbocycles. The fourth-order valence-electron chi connectivity index (χ4n) is 2.45. The summed E-state index contributed by atoms with van der Waals surface area (Å²) in [5.74, 6) is -0.708. The van der Waals surface area contributed by atoms with Crippen molar-refractivity contribution >= 4 is 39.1 Å². The minimum atomic E-state index is -0.513. The third-order valence-electron chi connectivity index (χ3n) is 3.68. The van der Waals surface area contributed by atoms with Gasteiger partial charge in [-0.3, -0.25) is 4.79 Å². The summed E-state index contributed by atoms with van der Waals surface area (Å²) in [6.07, 6.45) is 0.613. The van der Waals surface area contributed by atoms with E-state index in [0.717, 1.165) is 10.0 Å². The summed E-state index contributed by atoms with van der Waals surface area (Å²) in [7, 11) is 0. The highest BCUT2D eigenvalue weighted by Gasteiger charge is 2.30. The van der Waals surface area contributed by atoms with E-state index in [2.05, 4.69) is 32.1 Å². The second-order valence-electron chi connectivity index (χ2n) is 5.30. The SMILES string of the molecule is O=C(Nc1ccc(F)c(Cl)c1)C1CC(c2ccc(Br)cc2)NN1. The molecule has 2 aromatic rings. The molecule has 2 atom stereocenters. The lowest BCUT2D eigenvalue weighted by Gasteiger charge is -2.11. The first-order chi connectivity index (χ1) is 11.0. The molecule has 2 unspecified atom stereocenters. The van der Waals surface area contributed by atoms with Crippen LogP contribution in [0.2, 0.25) is 5.02 Å². The Morgan fingerprint density at radius 3 is 2.65 bits per heavy atom. The molecule has 3 N–H and O–H groups in total. The lowest BCUT2D eigenvalue weighted by Crippen LogP contribution is -2.39. The summed E-state index contributed by atoms with van der Waals surface area (Å²) in [6, 6.07) is 11.7. The van der Waals surface area contributed by atoms with E-state index in [1.807, 2.05) is 24.3 Å². The maximum absolute atomic E-state index is 13.1. The highest BCUT2D eigenvalue weighted by Crippen LogP contribution is 2.25. The van der Waals surface area contributed by atoms with E-state index in [1.165, 1.54) is 18.2 Å². The predicted octanol–water partition coefficient (Wildman–Crippen LogP) is 3.79. The van der Waals surface area contributed by atoms with Crippen molar-refractivity contribution in [2.24, 2.45) is 0 Å². The van der Waals surface area contributed by atoms with Crippen molar-refractivity contribution < 1.29 is 9.18 Å². The van der Waals surface area contributed by atoms with Crippen molar-refractivity contribution in [3.8, 4) is 0 Å². The smallest absolute Gasteiger partial charge is 0.242 e. The topological polar surface area (TPSA) is 53.2 Å². The molecule has 1 fully saturated rings. The van der Waals surface area contributed by atoms with Crippen LogP contribution in [0.5, 0.6) is 0 Å². The molecular weight excluding hydrogens is 385 g/mol. The van der Waals surface area contributed by atoms with Gasteiger partial charge in [0.05, 0.1) is 5.02 Å². The van der Waals surface area contributed by atoms with Crippen molar-refractivity contribution in [2.45, 2.75) is 18.5 Å². The number of hydrogen-bond acceptors (Lipinski definition) is 3. The molecule has 4 nitrogen and oxygen atoms in total. The first-order valence-corrected chi connectivity index (χ1v) is 8.22. The van der Waals surface area contributed by atoms with E-state index in [9.17, 15) is 9.18 Å². The minimum absolute atomic E-state index is 0.0203. The van der Waals surface area contributed by atoms with Crippen LogP contribution in [-0.2, 0) is 4.79 Å². The second kappa shape index (κ2) is 6.97. The summed E-state index contributed by atoms with van der Waals surface area (Å²) in [4.78, 5) is 12.3. The monoisotopic (exact) mass is 397 g/mol. The fraction of sp³-hybridized carbons (Fsp3) is 0.188. The number of amides is 1. The molecule has 0 bridgehead atoms. The number of carbonyl (C=O) groups is 1. The number of rotatable bonds is 3. The largest absolute Gasteiger partial charge is 0.325 e.